The lowest BCUT2D eigenvalue weighted by Gasteiger charge is -2.13. The third-order valence-corrected chi connectivity index (χ3v) is 3.32. The molecule has 0 atom stereocenters. The molecule has 2 aromatic rings. The van der Waals surface area contributed by atoms with E-state index in [2.05, 4.69) is 15.4 Å². The minimum atomic E-state index is -3.01. The van der Waals surface area contributed by atoms with Gasteiger partial charge in [0.2, 0.25) is 5.91 Å². The number of carbonyl (C=O) groups excluding carboxylic acids is 1. The van der Waals surface area contributed by atoms with Gasteiger partial charge in [-0.15, -0.1) is 0 Å². The molecule has 0 saturated heterocycles. The van der Waals surface area contributed by atoms with Crippen LogP contribution in [0.5, 0.6) is 5.75 Å². The first-order valence-electron chi connectivity index (χ1n) is 7.20. The summed E-state index contributed by atoms with van der Waals surface area (Å²) in [5.41, 5.74) is 0.856. The Kier molecular flexibility index (Phi) is 5.83. The largest absolute Gasteiger partial charge is 0.433 e. The fraction of sp³-hybridized carbons (Fsp3) is 0.188. The van der Waals surface area contributed by atoms with Crippen LogP contribution in [0.1, 0.15) is 5.56 Å². The Bertz CT molecular complexity index is 784. The van der Waals surface area contributed by atoms with Crippen LogP contribution in [0, 0.1) is 17.0 Å². The number of para-hydroxylation sites is 2. The van der Waals surface area contributed by atoms with E-state index in [4.69, 9.17) is 0 Å². The van der Waals surface area contributed by atoms with E-state index in [9.17, 15) is 23.7 Å². The van der Waals surface area contributed by atoms with Crippen LogP contribution in [0.4, 0.5) is 25.8 Å². The Morgan fingerprint density at radius 1 is 1.20 bits per heavy atom. The van der Waals surface area contributed by atoms with Crippen molar-refractivity contribution in [3.8, 4) is 5.75 Å². The molecule has 1 amide bonds. The summed E-state index contributed by atoms with van der Waals surface area (Å²) < 4.78 is 29.0. The van der Waals surface area contributed by atoms with Crippen molar-refractivity contribution < 1.29 is 23.2 Å². The number of nitrogens with zero attached hydrogens (tertiary/aromatic N) is 1. The summed E-state index contributed by atoms with van der Waals surface area (Å²) in [4.78, 5) is 22.4. The summed E-state index contributed by atoms with van der Waals surface area (Å²) in [6, 6.07) is 10.2. The number of carbonyl (C=O) groups is 1. The van der Waals surface area contributed by atoms with Crippen molar-refractivity contribution in [2.75, 3.05) is 17.2 Å². The number of alkyl halides is 2. The van der Waals surface area contributed by atoms with E-state index in [1.807, 2.05) is 0 Å². The fourth-order valence-corrected chi connectivity index (χ4v) is 2.15. The molecule has 0 saturated carbocycles. The van der Waals surface area contributed by atoms with Crippen LogP contribution in [0.25, 0.3) is 0 Å². The minimum Gasteiger partial charge on any atom is -0.433 e. The summed E-state index contributed by atoms with van der Waals surface area (Å²) in [5.74, 6) is -0.673. The molecule has 9 heteroatoms. The van der Waals surface area contributed by atoms with E-state index >= 15 is 0 Å². The van der Waals surface area contributed by atoms with Crippen LogP contribution in [0.15, 0.2) is 42.5 Å². The first-order chi connectivity index (χ1) is 11.9. The van der Waals surface area contributed by atoms with Crippen molar-refractivity contribution in [1.82, 2.24) is 0 Å². The predicted molar refractivity (Wildman–Crippen MR) is 88.0 cm³/mol. The zero-order valence-corrected chi connectivity index (χ0v) is 13.2. The molecule has 0 aliphatic heterocycles. The number of nitrogens with one attached hydrogen (secondary N) is 2. The molecule has 0 spiro atoms. The summed E-state index contributed by atoms with van der Waals surface area (Å²) >= 11 is 0. The molecule has 0 aromatic heterocycles. The molecule has 0 aliphatic carbocycles. The Morgan fingerprint density at radius 2 is 1.88 bits per heavy atom. The summed E-state index contributed by atoms with van der Waals surface area (Å²) in [7, 11) is 0. The van der Waals surface area contributed by atoms with Crippen LogP contribution in [0.2, 0.25) is 0 Å². The van der Waals surface area contributed by atoms with E-state index in [1.54, 1.807) is 19.1 Å². The van der Waals surface area contributed by atoms with Crippen LogP contribution in [0.3, 0.4) is 0 Å². The molecule has 132 valence electrons. The first kappa shape index (κ1) is 18.1. The van der Waals surface area contributed by atoms with Gasteiger partial charge in [-0.25, -0.2) is 0 Å². The van der Waals surface area contributed by atoms with Crippen molar-refractivity contribution in [3.05, 3.63) is 58.1 Å². The highest BCUT2D eigenvalue weighted by atomic mass is 19.3. The molecule has 0 fully saturated rings. The number of rotatable bonds is 7. The van der Waals surface area contributed by atoms with E-state index in [0.29, 0.717) is 11.3 Å². The van der Waals surface area contributed by atoms with Crippen molar-refractivity contribution in [1.29, 1.82) is 0 Å². The lowest BCUT2D eigenvalue weighted by molar-refractivity contribution is -0.385. The Morgan fingerprint density at radius 3 is 2.56 bits per heavy atom. The molecule has 2 rings (SSSR count). The highest BCUT2D eigenvalue weighted by Crippen LogP contribution is 2.26. The van der Waals surface area contributed by atoms with Gasteiger partial charge in [0.05, 0.1) is 17.2 Å². The van der Waals surface area contributed by atoms with Gasteiger partial charge < -0.3 is 15.4 Å². The maximum atomic E-state index is 12.4. The summed E-state index contributed by atoms with van der Waals surface area (Å²) in [6.07, 6.45) is 0. The predicted octanol–water partition coefficient (Wildman–Crippen LogP) is 3.56. The zero-order valence-electron chi connectivity index (χ0n) is 13.2. The number of benzene rings is 2. The van der Waals surface area contributed by atoms with Crippen LogP contribution >= 0.6 is 0 Å². The fourth-order valence-electron chi connectivity index (χ4n) is 2.15. The van der Waals surface area contributed by atoms with Gasteiger partial charge in [0.25, 0.3) is 5.69 Å². The lowest BCUT2D eigenvalue weighted by atomic mass is 10.1. The van der Waals surface area contributed by atoms with Gasteiger partial charge in [-0.1, -0.05) is 18.2 Å². The van der Waals surface area contributed by atoms with Gasteiger partial charge >= 0.3 is 6.61 Å². The number of amides is 1. The highest BCUT2D eigenvalue weighted by molar-refractivity contribution is 5.95. The van der Waals surface area contributed by atoms with Gasteiger partial charge in [-0.2, -0.15) is 8.78 Å². The average Bonchev–Trinajstić information content (AvgIpc) is 2.55. The van der Waals surface area contributed by atoms with E-state index in [0.717, 1.165) is 0 Å². The number of hydrogen-bond acceptors (Lipinski definition) is 5. The second-order valence-corrected chi connectivity index (χ2v) is 4.98. The molecule has 0 aliphatic rings. The van der Waals surface area contributed by atoms with Gasteiger partial charge in [0.15, 0.2) is 0 Å². The van der Waals surface area contributed by atoms with Crippen molar-refractivity contribution >= 4 is 23.0 Å². The standard InChI is InChI=1S/C16H15F2N3O4/c1-10-11(6-4-7-13(10)21(23)24)19-9-15(22)20-12-5-2-3-8-14(12)25-16(17)18/h2-8,16,19H,9H2,1H3,(H,20,22). The number of anilines is 2. The van der Waals surface area contributed by atoms with Crippen LogP contribution in [-0.2, 0) is 4.79 Å². The summed E-state index contributed by atoms with van der Waals surface area (Å²) in [5, 5.41) is 16.1. The monoisotopic (exact) mass is 351 g/mol. The van der Waals surface area contributed by atoms with Gasteiger partial charge in [0.1, 0.15) is 5.75 Å². The molecule has 25 heavy (non-hydrogen) atoms. The van der Waals surface area contributed by atoms with E-state index in [-0.39, 0.29) is 23.7 Å². The maximum absolute atomic E-state index is 12.4. The Hall–Kier alpha value is -3.23. The molecule has 0 heterocycles. The van der Waals surface area contributed by atoms with Gasteiger partial charge in [-0.05, 0) is 25.1 Å². The third kappa shape index (κ3) is 4.87. The molecule has 0 bridgehead atoms. The number of nitro benzene ring substituents is 1. The number of halogens is 2. The molecule has 0 unspecified atom stereocenters. The molecule has 2 N–H and O–H groups in total. The molecule has 7 nitrogen and oxygen atoms in total. The van der Waals surface area contributed by atoms with E-state index < -0.39 is 17.4 Å². The zero-order chi connectivity index (χ0) is 18.4. The van der Waals surface area contributed by atoms with Gasteiger partial charge in [-0.3, -0.25) is 14.9 Å². The molecular weight excluding hydrogens is 336 g/mol. The molecule has 0 radical (unpaired) electrons. The second kappa shape index (κ2) is 8.04. The van der Waals surface area contributed by atoms with Crippen molar-refractivity contribution in [2.24, 2.45) is 0 Å². The molecular formula is C16H15F2N3O4. The number of nitro groups is 1. The lowest BCUT2D eigenvalue weighted by Crippen LogP contribution is -2.22. The first-order valence-corrected chi connectivity index (χ1v) is 7.20. The third-order valence-electron chi connectivity index (χ3n) is 3.32. The second-order valence-electron chi connectivity index (χ2n) is 4.98. The average molecular weight is 351 g/mol. The van der Waals surface area contributed by atoms with Gasteiger partial charge in [0, 0.05) is 17.3 Å². The molecule has 2 aromatic carbocycles. The van der Waals surface area contributed by atoms with Crippen molar-refractivity contribution in [2.45, 2.75) is 13.5 Å². The summed E-state index contributed by atoms with van der Waals surface area (Å²) in [6.45, 7) is -1.65. The van der Waals surface area contributed by atoms with E-state index in [1.165, 1.54) is 30.3 Å². The highest BCUT2D eigenvalue weighted by Gasteiger charge is 2.15. The number of hydrogen-bond donors (Lipinski definition) is 2. The topological polar surface area (TPSA) is 93.5 Å². The Balaban J connectivity index is 2.03. The Labute approximate surface area is 141 Å². The maximum Gasteiger partial charge on any atom is 0.387 e. The number of ether oxygens (including phenoxy) is 1. The smallest absolute Gasteiger partial charge is 0.387 e. The van der Waals surface area contributed by atoms with Crippen LogP contribution < -0.4 is 15.4 Å². The van der Waals surface area contributed by atoms with Crippen molar-refractivity contribution in [3.63, 3.8) is 0 Å². The minimum absolute atomic E-state index is 0.0684. The quantitative estimate of drug-likeness (QED) is 0.588. The van der Waals surface area contributed by atoms with Crippen LogP contribution in [-0.4, -0.2) is 24.0 Å². The normalized spacial score (nSPS) is 10.4. The SMILES string of the molecule is Cc1c(NCC(=O)Nc2ccccc2OC(F)F)cccc1[N+](=O)[O-].